The molecule has 116 valence electrons. The van der Waals surface area contributed by atoms with Crippen LogP contribution in [0.2, 0.25) is 5.02 Å². The highest BCUT2D eigenvalue weighted by Crippen LogP contribution is 2.20. The number of amides is 1. The molecule has 0 atom stereocenters. The highest BCUT2D eigenvalue weighted by molar-refractivity contribution is 8.00. The van der Waals surface area contributed by atoms with Crippen molar-refractivity contribution in [2.45, 2.75) is 4.90 Å². The van der Waals surface area contributed by atoms with Crippen molar-refractivity contribution in [3.05, 3.63) is 65.3 Å². The van der Waals surface area contributed by atoms with E-state index in [1.165, 1.54) is 11.8 Å². The van der Waals surface area contributed by atoms with Crippen LogP contribution < -0.4 is 5.43 Å². The lowest BCUT2D eigenvalue weighted by Gasteiger charge is -2.01. The number of hydrogen-bond acceptors (Lipinski definition) is 3. The molecule has 4 nitrogen and oxygen atoms in total. The Morgan fingerprint density at radius 2 is 2.00 bits per heavy atom. The van der Waals surface area contributed by atoms with Crippen LogP contribution in [0.4, 0.5) is 0 Å². The van der Waals surface area contributed by atoms with Gasteiger partial charge in [0.2, 0.25) is 5.91 Å². The number of benzene rings is 2. The van der Waals surface area contributed by atoms with Gasteiger partial charge in [-0.2, -0.15) is 5.10 Å². The zero-order valence-corrected chi connectivity index (χ0v) is 13.7. The van der Waals surface area contributed by atoms with E-state index in [0.717, 1.165) is 21.4 Å². The zero-order chi connectivity index (χ0) is 16.1. The Bertz CT molecular complexity index is 842. The van der Waals surface area contributed by atoms with Gasteiger partial charge >= 0.3 is 0 Å². The third-order valence-electron chi connectivity index (χ3n) is 3.20. The van der Waals surface area contributed by atoms with Gasteiger partial charge in [0.25, 0.3) is 0 Å². The van der Waals surface area contributed by atoms with Crippen molar-refractivity contribution < 1.29 is 4.79 Å². The van der Waals surface area contributed by atoms with E-state index >= 15 is 0 Å². The summed E-state index contributed by atoms with van der Waals surface area (Å²) in [5.41, 5.74) is 4.51. The van der Waals surface area contributed by atoms with Crippen LogP contribution in [0.3, 0.4) is 0 Å². The molecule has 0 fully saturated rings. The number of nitrogens with zero attached hydrogens (tertiary/aromatic N) is 1. The van der Waals surface area contributed by atoms with Crippen molar-refractivity contribution in [2.24, 2.45) is 5.10 Å². The smallest absolute Gasteiger partial charge is 0.250 e. The Morgan fingerprint density at radius 1 is 1.22 bits per heavy atom. The van der Waals surface area contributed by atoms with Gasteiger partial charge in [-0.25, -0.2) is 5.43 Å². The van der Waals surface area contributed by atoms with Crippen molar-refractivity contribution in [2.75, 3.05) is 5.75 Å². The standard InChI is InChI=1S/C17H14ClN3OS/c18-13-5-7-14(8-6-13)23-11-17(22)21-20-10-12-9-19-16-4-2-1-3-15(12)16/h1-10,19H,11H2,(H,21,22)/b20-10-. The highest BCUT2D eigenvalue weighted by Gasteiger charge is 2.03. The van der Waals surface area contributed by atoms with Crippen molar-refractivity contribution in [1.29, 1.82) is 0 Å². The fraction of sp³-hybridized carbons (Fsp3) is 0.0588. The second-order valence-electron chi connectivity index (χ2n) is 4.83. The highest BCUT2D eigenvalue weighted by atomic mass is 35.5. The van der Waals surface area contributed by atoms with E-state index in [-0.39, 0.29) is 5.91 Å². The van der Waals surface area contributed by atoms with E-state index in [2.05, 4.69) is 15.5 Å². The molecule has 0 aliphatic rings. The molecule has 0 saturated carbocycles. The van der Waals surface area contributed by atoms with E-state index < -0.39 is 0 Å². The maximum absolute atomic E-state index is 11.8. The number of aromatic nitrogens is 1. The van der Waals surface area contributed by atoms with Crippen molar-refractivity contribution in [3.63, 3.8) is 0 Å². The molecule has 0 bridgehead atoms. The molecule has 23 heavy (non-hydrogen) atoms. The molecule has 1 heterocycles. The minimum absolute atomic E-state index is 0.152. The molecule has 3 rings (SSSR count). The number of rotatable bonds is 5. The molecule has 2 N–H and O–H groups in total. The van der Waals surface area contributed by atoms with Gasteiger partial charge in [0.15, 0.2) is 0 Å². The first-order valence-corrected chi connectivity index (χ1v) is 8.35. The summed E-state index contributed by atoms with van der Waals surface area (Å²) in [5, 5.41) is 5.76. The maximum Gasteiger partial charge on any atom is 0.250 e. The number of fused-ring (bicyclic) bond motifs is 1. The van der Waals surface area contributed by atoms with Gasteiger partial charge in [-0.1, -0.05) is 29.8 Å². The first-order valence-electron chi connectivity index (χ1n) is 6.99. The number of halogens is 1. The molecule has 1 amide bonds. The van der Waals surface area contributed by atoms with E-state index in [9.17, 15) is 4.79 Å². The molecule has 2 aromatic carbocycles. The van der Waals surface area contributed by atoms with Gasteiger partial charge < -0.3 is 4.98 Å². The van der Waals surface area contributed by atoms with Crippen LogP contribution >= 0.6 is 23.4 Å². The van der Waals surface area contributed by atoms with Crippen LogP contribution in [0.1, 0.15) is 5.56 Å². The van der Waals surface area contributed by atoms with Crippen molar-refractivity contribution in [3.8, 4) is 0 Å². The van der Waals surface area contributed by atoms with Crippen LogP contribution in [-0.4, -0.2) is 22.9 Å². The number of para-hydroxylation sites is 1. The number of nitrogens with one attached hydrogen (secondary N) is 2. The second-order valence-corrected chi connectivity index (χ2v) is 6.31. The Labute approximate surface area is 142 Å². The maximum atomic E-state index is 11.8. The third kappa shape index (κ3) is 4.15. The quantitative estimate of drug-likeness (QED) is 0.417. The Kier molecular flexibility index (Phi) is 5.00. The second kappa shape index (κ2) is 7.35. The summed E-state index contributed by atoms with van der Waals surface area (Å²) >= 11 is 7.26. The number of carbonyl (C=O) groups is 1. The van der Waals surface area contributed by atoms with Gasteiger partial charge in [-0.15, -0.1) is 11.8 Å². The van der Waals surface area contributed by atoms with Crippen LogP contribution in [0.5, 0.6) is 0 Å². The van der Waals surface area contributed by atoms with Gasteiger partial charge in [-0.3, -0.25) is 4.79 Å². The Balaban J connectivity index is 1.53. The summed E-state index contributed by atoms with van der Waals surface area (Å²) in [5.74, 6) is 0.147. The number of aromatic amines is 1. The first kappa shape index (κ1) is 15.6. The van der Waals surface area contributed by atoms with Crippen LogP contribution in [0.25, 0.3) is 10.9 Å². The van der Waals surface area contributed by atoms with Crippen LogP contribution in [-0.2, 0) is 4.79 Å². The number of carbonyl (C=O) groups excluding carboxylic acids is 1. The molecule has 0 radical (unpaired) electrons. The molecule has 0 saturated heterocycles. The minimum atomic E-state index is -0.152. The Morgan fingerprint density at radius 3 is 2.83 bits per heavy atom. The summed E-state index contributed by atoms with van der Waals surface area (Å²) in [6.07, 6.45) is 3.51. The molecular weight excluding hydrogens is 330 g/mol. The lowest BCUT2D eigenvalue weighted by atomic mass is 10.2. The molecule has 3 aromatic rings. The van der Waals surface area contributed by atoms with Gasteiger partial charge in [0.1, 0.15) is 0 Å². The number of H-pyrrole nitrogens is 1. The van der Waals surface area contributed by atoms with E-state index in [4.69, 9.17) is 11.6 Å². The SMILES string of the molecule is O=C(CSc1ccc(Cl)cc1)N/N=C\c1c[nH]c2ccccc12. The molecule has 6 heteroatoms. The lowest BCUT2D eigenvalue weighted by Crippen LogP contribution is -2.19. The normalized spacial score (nSPS) is 11.2. The van der Waals surface area contributed by atoms with E-state index in [0.29, 0.717) is 10.8 Å². The minimum Gasteiger partial charge on any atom is -0.361 e. The van der Waals surface area contributed by atoms with Gasteiger partial charge in [0.05, 0.1) is 12.0 Å². The predicted molar refractivity (Wildman–Crippen MR) is 96.2 cm³/mol. The molecule has 0 unspecified atom stereocenters. The molecule has 0 aliphatic carbocycles. The number of thioether (sulfide) groups is 1. The van der Waals surface area contributed by atoms with Crippen LogP contribution in [0.15, 0.2) is 64.7 Å². The largest absolute Gasteiger partial charge is 0.361 e. The Hall–Kier alpha value is -2.24. The van der Waals surface area contributed by atoms with Gasteiger partial charge in [-0.05, 0) is 30.3 Å². The molecule has 0 aliphatic heterocycles. The summed E-state index contributed by atoms with van der Waals surface area (Å²) < 4.78 is 0. The predicted octanol–water partition coefficient (Wildman–Crippen LogP) is 4.06. The summed E-state index contributed by atoms with van der Waals surface area (Å²) in [7, 11) is 0. The third-order valence-corrected chi connectivity index (χ3v) is 4.46. The lowest BCUT2D eigenvalue weighted by molar-refractivity contribution is -0.118. The molecular formula is C17H14ClN3OS. The molecule has 1 aromatic heterocycles. The zero-order valence-electron chi connectivity index (χ0n) is 12.1. The number of hydrazone groups is 1. The average Bonchev–Trinajstić information content (AvgIpc) is 2.98. The van der Waals surface area contributed by atoms with E-state index in [1.54, 1.807) is 18.3 Å². The van der Waals surface area contributed by atoms with Crippen molar-refractivity contribution in [1.82, 2.24) is 10.4 Å². The topological polar surface area (TPSA) is 57.2 Å². The summed E-state index contributed by atoms with van der Waals surface area (Å²) in [4.78, 5) is 15.9. The monoisotopic (exact) mass is 343 g/mol. The molecule has 0 spiro atoms. The number of hydrogen-bond donors (Lipinski definition) is 2. The fourth-order valence-electron chi connectivity index (χ4n) is 2.09. The first-order chi connectivity index (χ1) is 11.2. The average molecular weight is 344 g/mol. The fourth-order valence-corrected chi connectivity index (χ4v) is 2.90. The van der Waals surface area contributed by atoms with Crippen molar-refractivity contribution >= 4 is 46.4 Å². The van der Waals surface area contributed by atoms with Crippen LogP contribution in [0, 0.1) is 0 Å². The van der Waals surface area contributed by atoms with Gasteiger partial charge in [0, 0.05) is 32.6 Å². The summed E-state index contributed by atoms with van der Waals surface area (Å²) in [6.45, 7) is 0. The van der Waals surface area contributed by atoms with E-state index in [1.807, 2.05) is 42.6 Å². The summed E-state index contributed by atoms with van der Waals surface area (Å²) in [6, 6.07) is 15.3.